The van der Waals surface area contributed by atoms with E-state index in [4.69, 9.17) is 23.7 Å². The minimum Gasteiger partial charge on any atom is -0.497 e. The molecule has 36 heavy (non-hydrogen) atoms. The van der Waals surface area contributed by atoms with Crippen LogP contribution in [-0.2, 0) is 28.9 Å². The predicted octanol–water partition coefficient (Wildman–Crippen LogP) is 4.93. The van der Waals surface area contributed by atoms with Crippen LogP contribution in [0.25, 0.3) is 11.5 Å². The maximum atomic E-state index is 11.9. The first kappa shape index (κ1) is 26.6. The summed E-state index contributed by atoms with van der Waals surface area (Å²) in [5, 5.41) is 11.8. The minimum absolute atomic E-state index is 0.00832. The molecule has 0 aliphatic heterocycles. The zero-order valence-corrected chi connectivity index (χ0v) is 21.0. The Kier molecular flexibility index (Phi) is 9.32. The maximum Gasteiger partial charge on any atom is 0.407 e. The molecule has 0 aliphatic rings. The smallest absolute Gasteiger partial charge is 0.407 e. The number of nitrogens with zero attached hydrogens (tertiary/aromatic N) is 1. The summed E-state index contributed by atoms with van der Waals surface area (Å²) in [4.78, 5) is 27.5. The second kappa shape index (κ2) is 12.6. The van der Waals surface area contributed by atoms with E-state index in [1.165, 1.54) is 0 Å². The molecule has 0 spiro atoms. The molecule has 0 atom stereocenters. The summed E-state index contributed by atoms with van der Waals surface area (Å²) in [6, 6.07) is 12.9. The summed E-state index contributed by atoms with van der Waals surface area (Å²) < 4.78 is 22.1. The quantitative estimate of drug-likeness (QED) is 0.362. The number of carbonyl (C=O) groups is 2. The van der Waals surface area contributed by atoms with Crippen molar-refractivity contribution in [1.82, 2.24) is 10.3 Å². The number of methoxy groups -OCH3 is 1. The molecule has 3 aromatic rings. The van der Waals surface area contributed by atoms with E-state index in [1.807, 2.05) is 43.3 Å². The van der Waals surface area contributed by atoms with Crippen LogP contribution in [0.15, 0.2) is 46.9 Å². The molecule has 0 aliphatic carbocycles. The highest BCUT2D eigenvalue weighted by Crippen LogP contribution is 2.25. The normalized spacial score (nSPS) is 10.8. The summed E-state index contributed by atoms with van der Waals surface area (Å²) >= 11 is 0. The monoisotopic (exact) mass is 496 g/mol. The van der Waals surface area contributed by atoms with Crippen molar-refractivity contribution in [1.29, 1.82) is 0 Å². The molecule has 0 radical (unpaired) electrons. The van der Waals surface area contributed by atoms with Gasteiger partial charge in [-0.1, -0.05) is 6.07 Å². The molecule has 1 heterocycles. The third-order valence-electron chi connectivity index (χ3n) is 5.39. The van der Waals surface area contributed by atoms with Crippen LogP contribution in [-0.4, -0.2) is 42.0 Å². The number of hydrogen-bond acceptors (Lipinski definition) is 7. The highest BCUT2D eigenvalue weighted by Gasteiger charge is 2.13. The molecule has 0 unspecified atom stereocenters. The van der Waals surface area contributed by atoms with Gasteiger partial charge in [0.25, 0.3) is 0 Å². The van der Waals surface area contributed by atoms with Crippen molar-refractivity contribution in [3.63, 3.8) is 0 Å². The number of carboxylic acids is 1. The molecule has 0 saturated carbocycles. The Morgan fingerprint density at radius 3 is 2.44 bits per heavy atom. The van der Waals surface area contributed by atoms with Gasteiger partial charge in [-0.05, 0) is 74.7 Å². The molecular weight excluding hydrogens is 464 g/mol. The Morgan fingerprint density at radius 1 is 1.06 bits per heavy atom. The number of alkyl carbamates (subject to hydrolysis) is 1. The first-order valence-electron chi connectivity index (χ1n) is 11.8. The summed E-state index contributed by atoms with van der Waals surface area (Å²) in [5.41, 5.74) is 3.26. The van der Waals surface area contributed by atoms with Gasteiger partial charge in [0.2, 0.25) is 5.89 Å². The van der Waals surface area contributed by atoms with E-state index in [-0.39, 0.29) is 19.1 Å². The van der Waals surface area contributed by atoms with Gasteiger partial charge in [-0.25, -0.2) is 9.78 Å². The number of oxazole rings is 1. The summed E-state index contributed by atoms with van der Waals surface area (Å²) in [5.74, 6) is 1.75. The summed E-state index contributed by atoms with van der Waals surface area (Å²) in [7, 11) is 1.62. The van der Waals surface area contributed by atoms with Gasteiger partial charge in [-0.2, -0.15) is 0 Å². The second-order valence-corrected chi connectivity index (χ2v) is 8.48. The Balaban J connectivity index is 1.64. The summed E-state index contributed by atoms with van der Waals surface area (Å²) in [6.45, 7) is 5.97. The lowest BCUT2D eigenvalue weighted by Gasteiger charge is -2.14. The Labute approximate surface area is 210 Å². The maximum absolute atomic E-state index is 11.9. The van der Waals surface area contributed by atoms with Crippen molar-refractivity contribution in [3.8, 4) is 23.0 Å². The molecular formula is C27H32N2O7. The van der Waals surface area contributed by atoms with Crippen molar-refractivity contribution in [2.75, 3.05) is 13.7 Å². The molecule has 9 heteroatoms. The number of carbonyl (C=O) groups excluding carboxylic acids is 1. The summed E-state index contributed by atoms with van der Waals surface area (Å²) in [6.07, 6.45) is 0.107. The number of aromatic nitrogens is 1. The Morgan fingerprint density at radius 2 is 1.78 bits per heavy atom. The molecule has 192 valence electrons. The van der Waals surface area contributed by atoms with Gasteiger partial charge < -0.3 is 29.1 Å². The average molecular weight is 497 g/mol. The highest BCUT2D eigenvalue weighted by molar-refractivity contribution is 5.68. The first-order chi connectivity index (χ1) is 17.2. The molecule has 3 rings (SSSR count). The van der Waals surface area contributed by atoms with Crippen LogP contribution in [0, 0.1) is 6.92 Å². The van der Waals surface area contributed by atoms with Crippen molar-refractivity contribution < 1.29 is 33.3 Å². The molecule has 1 aromatic heterocycles. The fourth-order valence-electron chi connectivity index (χ4n) is 3.55. The minimum atomic E-state index is -0.884. The van der Waals surface area contributed by atoms with E-state index < -0.39 is 12.1 Å². The number of ether oxygens (including phenoxy) is 3. The molecule has 0 bridgehead atoms. The number of aryl methyl sites for hydroxylation is 2. The fraction of sp³-hybridized carbons (Fsp3) is 0.370. The van der Waals surface area contributed by atoms with Crippen LogP contribution in [0.3, 0.4) is 0 Å². The number of rotatable bonds is 12. The Hall–Kier alpha value is -4.01. The van der Waals surface area contributed by atoms with E-state index in [1.54, 1.807) is 27.0 Å². The van der Waals surface area contributed by atoms with Gasteiger partial charge in [0.15, 0.2) is 0 Å². The van der Waals surface area contributed by atoms with Gasteiger partial charge in [-0.15, -0.1) is 0 Å². The van der Waals surface area contributed by atoms with Crippen molar-refractivity contribution >= 4 is 12.1 Å². The molecule has 1 amide bonds. The van der Waals surface area contributed by atoms with Crippen molar-refractivity contribution in [2.45, 2.75) is 52.7 Å². The molecule has 9 nitrogen and oxygen atoms in total. The van der Waals surface area contributed by atoms with Gasteiger partial charge in [-0.3, -0.25) is 4.79 Å². The largest absolute Gasteiger partial charge is 0.497 e. The zero-order chi connectivity index (χ0) is 26.1. The molecule has 0 fully saturated rings. The van der Waals surface area contributed by atoms with Crippen LogP contribution in [0.5, 0.6) is 11.5 Å². The predicted molar refractivity (Wildman–Crippen MR) is 133 cm³/mol. The van der Waals surface area contributed by atoms with Crippen molar-refractivity contribution in [2.24, 2.45) is 0 Å². The number of nitrogens with one attached hydrogen (secondary N) is 1. The van der Waals surface area contributed by atoms with Gasteiger partial charge in [0.05, 0.1) is 25.5 Å². The van der Waals surface area contributed by atoms with Crippen LogP contribution in [0.1, 0.15) is 42.8 Å². The molecule has 2 N–H and O–H groups in total. The second-order valence-electron chi connectivity index (χ2n) is 8.48. The third kappa shape index (κ3) is 7.76. The lowest BCUT2D eigenvalue weighted by molar-refractivity contribution is -0.136. The highest BCUT2D eigenvalue weighted by atomic mass is 16.6. The topological polar surface area (TPSA) is 120 Å². The molecule has 0 saturated heterocycles. The van der Waals surface area contributed by atoms with Crippen LogP contribution in [0.4, 0.5) is 4.79 Å². The first-order valence-corrected chi connectivity index (χ1v) is 11.8. The van der Waals surface area contributed by atoms with Crippen molar-refractivity contribution in [3.05, 3.63) is 65.0 Å². The van der Waals surface area contributed by atoms with Crippen LogP contribution in [0.2, 0.25) is 0 Å². The van der Waals surface area contributed by atoms with Crippen LogP contribution < -0.4 is 14.8 Å². The standard InChI is InChI=1S/C27H32N2O7/c1-17(2)35-27(32)28-16-21-15-23(11-5-19(21)8-12-25(30)31)34-14-13-24-18(3)36-26(29-24)20-6-9-22(33-4)10-7-20/h5-7,9-11,15,17H,8,12-14,16H2,1-4H3,(H,28,32)(H,30,31). The fourth-order valence-corrected chi connectivity index (χ4v) is 3.55. The molecule has 2 aromatic carbocycles. The van der Waals surface area contributed by atoms with E-state index in [0.717, 1.165) is 33.9 Å². The van der Waals surface area contributed by atoms with E-state index >= 15 is 0 Å². The van der Waals surface area contributed by atoms with E-state index in [2.05, 4.69) is 10.3 Å². The zero-order valence-electron chi connectivity index (χ0n) is 21.0. The van der Waals surface area contributed by atoms with Gasteiger partial charge in [0, 0.05) is 24.9 Å². The van der Waals surface area contributed by atoms with Gasteiger partial charge in [0.1, 0.15) is 17.3 Å². The SMILES string of the molecule is COc1ccc(-c2nc(CCOc3ccc(CCC(=O)O)c(CNC(=O)OC(C)C)c3)c(C)o2)cc1. The lowest BCUT2D eigenvalue weighted by Crippen LogP contribution is -2.26. The van der Waals surface area contributed by atoms with E-state index in [0.29, 0.717) is 31.1 Å². The average Bonchev–Trinajstić information content (AvgIpc) is 3.22. The van der Waals surface area contributed by atoms with Crippen LogP contribution >= 0.6 is 0 Å². The lowest BCUT2D eigenvalue weighted by atomic mass is 10.0. The Bertz CT molecular complexity index is 1170. The third-order valence-corrected chi connectivity index (χ3v) is 5.39. The number of hydrogen-bond donors (Lipinski definition) is 2. The number of carboxylic acid groups (broad SMARTS) is 1. The number of aliphatic carboxylic acids is 1. The number of amides is 1. The van der Waals surface area contributed by atoms with Gasteiger partial charge >= 0.3 is 12.1 Å². The number of benzene rings is 2. The van der Waals surface area contributed by atoms with E-state index in [9.17, 15) is 9.59 Å².